The number of rotatable bonds is 45. The van der Waals surface area contributed by atoms with E-state index in [0.717, 1.165) is 0 Å². The van der Waals surface area contributed by atoms with Crippen LogP contribution in [0.25, 0.3) is 33.4 Å². The van der Waals surface area contributed by atoms with Crippen molar-refractivity contribution in [3.63, 3.8) is 0 Å². The molecule has 2 heterocycles. The minimum atomic E-state index is -1.34. The molecule has 0 unspecified atom stereocenters. The summed E-state index contributed by atoms with van der Waals surface area (Å²) >= 11 is 5.63. The molecule has 0 spiro atoms. The topological polar surface area (TPSA) is 542 Å². The molecule has 1 saturated heterocycles. The second kappa shape index (κ2) is 43.4. The van der Waals surface area contributed by atoms with E-state index in [1.54, 1.807) is 62.4 Å². The number of nitrogens with two attached hydrogens (primary N) is 6. The van der Waals surface area contributed by atoms with Gasteiger partial charge in [0.2, 0.25) is 47.3 Å². The van der Waals surface area contributed by atoms with Gasteiger partial charge in [-0.2, -0.15) is 0 Å². The van der Waals surface area contributed by atoms with Crippen LogP contribution >= 0.6 is 12.2 Å². The number of carboxylic acids is 2. The number of hydrogen-bond acceptors (Lipinski definition) is 19. The summed E-state index contributed by atoms with van der Waals surface area (Å²) in [6, 6.07) is 3.38. The number of anilines is 1. The molecule has 8 amide bonds. The summed E-state index contributed by atoms with van der Waals surface area (Å²) in [6.07, 6.45) is 11.9. The molecule has 4 aliphatic rings. The quantitative estimate of drug-likeness (QED) is 0.00987. The largest absolute Gasteiger partial charge is 0.508 e. The van der Waals surface area contributed by atoms with Crippen LogP contribution < -0.4 is 87.7 Å². The number of nitrogens with zero attached hydrogens (tertiary/aromatic N) is 2. The van der Waals surface area contributed by atoms with E-state index in [9.17, 15) is 68.1 Å². The van der Waals surface area contributed by atoms with E-state index in [0.29, 0.717) is 98.4 Å². The first-order valence-corrected chi connectivity index (χ1v) is 36.7. The number of carbonyl (C=O) groups is 10. The zero-order valence-corrected chi connectivity index (χ0v) is 61.0. The van der Waals surface area contributed by atoms with Gasteiger partial charge in [-0.3, -0.25) is 48.1 Å². The average Bonchev–Trinajstić information content (AvgIpc) is 0.917. The van der Waals surface area contributed by atoms with E-state index in [2.05, 4.69) is 52.8 Å². The molecule has 0 saturated carbocycles. The first-order valence-electron chi connectivity index (χ1n) is 36.3. The van der Waals surface area contributed by atoms with Gasteiger partial charge in [0.05, 0.1) is 11.5 Å². The third-order valence-corrected chi connectivity index (χ3v) is 18.5. The van der Waals surface area contributed by atoms with Crippen molar-refractivity contribution in [1.82, 2.24) is 47.4 Å². The van der Waals surface area contributed by atoms with Crippen LogP contribution in [0, 0.1) is 11.8 Å². The van der Waals surface area contributed by atoms with Crippen molar-refractivity contribution in [3.8, 4) is 28.2 Å². The summed E-state index contributed by atoms with van der Waals surface area (Å²) < 4.78 is 5.96. The zero-order chi connectivity index (χ0) is 77.4. The number of nitrogens with one attached hydrogen (secondary N) is 9. The van der Waals surface area contributed by atoms with Crippen LogP contribution in [0.1, 0.15) is 146 Å². The Labute approximate surface area is 620 Å². The molecule has 578 valence electrons. The van der Waals surface area contributed by atoms with Crippen molar-refractivity contribution >= 4 is 99.1 Å². The number of phenols is 1. The minimum absolute atomic E-state index is 0.0265. The number of guanidine groups is 1. The fourth-order valence-electron chi connectivity index (χ4n) is 12.6. The molecule has 32 nitrogen and oxygen atoms in total. The number of allylic oxidation sites excluding steroid dienone is 2. The van der Waals surface area contributed by atoms with Crippen LogP contribution in [-0.2, 0) is 43.2 Å². The van der Waals surface area contributed by atoms with Crippen molar-refractivity contribution in [2.24, 2.45) is 51.2 Å². The molecule has 0 aromatic heterocycles. The van der Waals surface area contributed by atoms with Crippen molar-refractivity contribution in [2.45, 2.75) is 184 Å². The smallest absolute Gasteiger partial charge is 0.336 e. The van der Waals surface area contributed by atoms with Gasteiger partial charge >= 0.3 is 11.9 Å². The Morgan fingerprint density at radius 1 is 0.594 bits per heavy atom. The number of aromatic carboxylic acids is 1. The summed E-state index contributed by atoms with van der Waals surface area (Å²) in [5.74, 6) is -9.29. The highest BCUT2D eigenvalue weighted by molar-refractivity contribution is 7.80. The number of amides is 8. The Hall–Kier alpha value is -10.1. The summed E-state index contributed by atoms with van der Waals surface area (Å²) in [4.78, 5) is 158. The fourth-order valence-corrected chi connectivity index (χ4v) is 12.8. The molecule has 2 aromatic carbocycles. The maximum atomic E-state index is 14.8. The number of hydrogen-bond donors (Lipinski definition) is 18. The molecule has 2 aromatic rings. The molecule has 33 heteroatoms. The molecule has 24 N–H and O–H groups in total. The lowest BCUT2D eigenvalue weighted by Gasteiger charge is -2.31. The molecule has 106 heavy (non-hydrogen) atoms. The summed E-state index contributed by atoms with van der Waals surface area (Å²) in [5, 5.41) is 56.7. The summed E-state index contributed by atoms with van der Waals surface area (Å²) in [5.41, 5.74) is 35.9. The average molecular weight is 1490 g/mol. The van der Waals surface area contributed by atoms with E-state index in [1.165, 1.54) is 35.2 Å². The molecule has 2 aliphatic carbocycles. The Balaban J connectivity index is 1.14. The van der Waals surface area contributed by atoms with E-state index < -0.39 is 119 Å². The number of phenolic OH excluding ortho intramolecular Hbond substituents is 1. The second-order valence-electron chi connectivity index (χ2n) is 26.8. The minimum Gasteiger partial charge on any atom is -0.508 e. The molecule has 6 rings (SSSR count). The fraction of sp³-hybridized carbons (Fsp3) is 0.521. The zero-order valence-electron chi connectivity index (χ0n) is 60.2. The van der Waals surface area contributed by atoms with Crippen LogP contribution in [0.15, 0.2) is 93.1 Å². The number of aliphatic carboxylic acids is 1. The van der Waals surface area contributed by atoms with E-state index in [-0.39, 0.29) is 136 Å². The normalized spacial score (nSPS) is 15.3. The first kappa shape index (κ1) is 84.8. The lowest BCUT2D eigenvalue weighted by molar-refractivity contribution is -0.143. The number of likely N-dealkylation sites (tertiary alicyclic amines) is 1. The lowest BCUT2D eigenvalue weighted by atomic mass is 9.90. The van der Waals surface area contributed by atoms with E-state index >= 15 is 0 Å². The molecule has 8 atom stereocenters. The lowest BCUT2D eigenvalue weighted by Crippen LogP contribution is -2.60. The van der Waals surface area contributed by atoms with E-state index in [1.807, 2.05) is 0 Å². The summed E-state index contributed by atoms with van der Waals surface area (Å²) in [7, 11) is 0. The maximum absolute atomic E-state index is 14.8. The molecule has 1 fully saturated rings. The number of unbranched alkanes of at least 4 members (excludes halogenated alkanes) is 5. The number of thiocarbonyl (C=S) groups is 1. The van der Waals surface area contributed by atoms with Gasteiger partial charge in [-0.05, 0) is 208 Å². The molecule has 0 bridgehead atoms. The SMILES string of the molecule is CC(C)[C@H](NC(=O)[C@H](CCCCN)NC(=O)[C@H](CCCN=C(N)N)NC(=O)[C@H](CCCCN)NC(=O)[C@H](CCCCN)NC(=O)[C@H](CCCCN)NC(=O)[C@@H]1CCCN1C(=O)[C@H](CCCCNC(=S)Nc1ccc(-c2c3ccc(=O)cc-3oc3cc(O)ccc23)c(C(=O)O)c1)NC(=O)C1C=CC=C1)C(=O)O. The first-order chi connectivity index (χ1) is 50.8. The Morgan fingerprint density at radius 3 is 1.61 bits per heavy atom. The van der Waals surface area contributed by atoms with Gasteiger partial charge in [-0.1, -0.05) is 44.2 Å². The number of carbonyl (C=O) groups excluding carboxylic acids is 8. The molecule has 2 aliphatic heterocycles. The van der Waals surface area contributed by atoms with Crippen LogP contribution in [0.5, 0.6) is 5.75 Å². The highest BCUT2D eigenvalue weighted by atomic mass is 32.1. The summed E-state index contributed by atoms with van der Waals surface area (Å²) in [6.45, 7) is 4.74. The van der Waals surface area contributed by atoms with Gasteiger partial charge in [-0.25, -0.2) is 9.59 Å². The van der Waals surface area contributed by atoms with Gasteiger partial charge in [0, 0.05) is 54.0 Å². The number of aromatic hydroxyl groups is 1. The molecular formula is C73H105N17O15S. The predicted octanol–water partition coefficient (Wildman–Crippen LogP) is 1.86. The highest BCUT2D eigenvalue weighted by Gasteiger charge is 2.40. The monoisotopic (exact) mass is 1490 g/mol. The maximum Gasteiger partial charge on any atom is 0.336 e. The molecule has 0 radical (unpaired) electrons. The Kier molecular flexibility index (Phi) is 34.7. The number of fused-ring (bicyclic) bond motifs is 2. The highest BCUT2D eigenvalue weighted by Crippen LogP contribution is 2.42. The van der Waals surface area contributed by atoms with Gasteiger partial charge < -0.3 is 107 Å². The van der Waals surface area contributed by atoms with Gasteiger partial charge in [-0.15, -0.1) is 0 Å². The van der Waals surface area contributed by atoms with E-state index in [4.69, 9.17) is 51.0 Å². The van der Waals surface area contributed by atoms with Crippen molar-refractivity contribution in [2.75, 3.05) is 51.1 Å². The van der Waals surface area contributed by atoms with Gasteiger partial charge in [0.25, 0.3) is 0 Å². The van der Waals surface area contributed by atoms with Crippen molar-refractivity contribution in [1.29, 1.82) is 0 Å². The third kappa shape index (κ3) is 25.9. The van der Waals surface area contributed by atoms with Gasteiger partial charge in [0.15, 0.2) is 16.5 Å². The second-order valence-corrected chi connectivity index (χ2v) is 27.2. The number of carboxylic acid groups (broad SMARTS) is 2. The van der Waals surface area contributed by atoms with Crippen molar-refractivity contribution < 1.29 is 67.7 Å². The predicted molar refractivity (Wildman–Crippen MR) is 405 cm³/mol. The Bertz CT molecular complexity index is 3810. The molecular weight excluding hydrogens is 1390 g/mol. The van der Waals surface area contributed by atoms with Crippen LogP contribution in [0.4, 0.5) is 5.69 Å². The van der Waals surface area contributed by atoms with Crippen LogP contribution in [0.3, 0.4) is 0 Å². The number of benzene rings is 3. The van der Waals surface area contributed by atoms with Gasteiger partial charge in [0.1, 0.15) is 65.4 Å². The standard InChI is InChI=1S/C73H105N17O15S/c1-42(2)61(71(103)104)89-67(98)54(22-8-13-35-77)85-66(97)55(24-15-37-80-72(78)79)86-64(95)52(20-6-11-33-75)83-63(94)51(19-5-10-32-74)84-65(96)53(21-7-12-34-76)87-68(99)57-25-16-38-90(57)69(100)56(88-62(93)43-17-3-4-18-43)23-9-14-36-81-73(106)82-44-26-29-47(50(39-44)70(101)102)60-48-30-27-45(91)40-58(48)105-59-41-46(92)28-31-49(59)60/h3-4,17-18,26-31,39-43,51-57,61,91H,5-16,19-25,32-38,74-77H2,1-2H3,(H,83,94)(H,84,96)(H,85,97)(H,86,95)(H,87,99)(H,88,93)(H,89,98)(H,101,102)(H,103,104)(H4,78,79,80)(H2,81,82,106)/t51-,52-,53-,54-,55-,56-,57-,61-/m0/s1. The third-order valence-electron chi connectivity index (χ3n) is 18.3. The number of aliphatic imine (C=N–C) groups is 1. The van der Waals surface area contributed by atoms with Crippen LogP contribution in [-0.4, -0.2) is 185 Å². The Morgan fingerprint density at radius 2 is 1.09 bits per heavy atom. The van der Waals surface area contributed by atoms with Crippen LogP contribution in [0.2, 0.25) is 0 Å². The van der Waals surface area contributed by atoms with Crippen molar-refractivity contribution in [3.05, 3.63) is 94.7 Å².